The highest BCUT2D eigenvalue weighted by molar-refractivity contribution is 6.33. The molecule has 0 saturated carbocycles. The molecule has 5 heteroatoms. The lowest BCUT2D eigenvalue weighted by Crippen LogP contribution is -2.47. The van der Waals surface area contributed by atoms with E-state index in [1.54, 1.807) is 17.0 Å². The van der Waals surface area contributed by atoms with E-state index in [0.29, 0.717) is 23.7 Å². The summed E-state index contributed by atoms with van der Waals surface area (Å²) < 4.78 is 0. The highest BCUT2D eigenvalue weighted by Gasteiger charge is 2.25. The molecule has 114 valence electrons. The van der Waals surface area contributed by atoms with Gasteiger partial charge in [0.05, 0.1) is 10.6 Å². The summed E-state index contributed by atoms with van der Waals surface area (Å²) in [4.78, 5) is 25.9. The van der Waals surface area contributed by atoms with E-state index in [4.69, 9.17) is 11.6 Å². The quantitative estimate of drug-likeness (QED) is 0.933. The molecule has 1 fully saturated rings. The maximum Gasteiger partial charge on any atom is 0.255 e. The highest BCUT2D eigenvalue weighted by atomic mass is 35.5. The first-order valence-corrected chi connectivity index (χ1v) is 7.71. The van der Waals surface area contributed by atoms with Crippen molar-refractivity contribution in [1.82, 2.24) is 10.2 Å². The molecule has 0 bridgehead atoms. The van der Waals surface area contributed by atoms with Crippen LogP contribution in [0.5, 0.6) is 0 Å². The summed E-state index contributed by atoms with van der Waals surface area (Å²) >= 11 is 6.07. The van der Waals surface area contributed by atoms with Crippen LogP contribution in [-0.4, -0.2) is 35.8 Å². The molecule has 1 aromatic carbocycles. The smallest absolute Gasteiger partial charge is 0.255 e. The third kappa shape index (κ3) is 3.97. The largest absolute Gasteiger partial charge is 0.353 e. The first-order chi connectivity index (χ1) is 9.99. The highest BCUT2D eigenvalue weighted by Crippen LogP contribution is 2.20. The number of nitrogens with zero attached hydrogens (tertiary/aromatic N) is 1. The number of amides is 2. The third-order valence-electron chi connectivity index (χ3n) is 3.76. The van der Waals surface area contributed by atoms with Gasteiger partial charge in [-0.2, -0.15) is 0 Å². The van der Waals surface area contributed by atoms with Crippen molar-refractivity contribution in [3.63, 3.8) is 0 Å². The maximum absolute atomic E-state index is 12.4. The summed E-state index contributed by atoms with van der Waals surface area (Å²) in [6.07, 6.45) is 1.57. The zero-order chi connectivity index (χ0) is 15.4. The van der Waals surface area contributed by atoms with E-state index < -0.39 is 0 Å². The molecular weight excluding hydrogens is 288 g/mol. The van der Waals surface area contributed by atoms with Crippen LogP contribution in [-0.2, 0) is 4.79 Å². The summed E-state index contributed by atoms with van der Waals surface area (Å²) in [5.41, 5.74) is 0.545. The van der Waals surface area contributed by atoms with Crippen molar-refractivity contribution in [3.8, 4) is 0 Å². The van der Waals surface area contributed by atoms with Gasteiger partial charge in [0.1, 0.15) is 0 Å². The van der Waals surface area contributed by atoms with Gasteiger partial charge in [-0.25, -0.2) is 0 Å². The van der Waals surface area contributed by atoms with Crippen molar-refractivity contribution >= 4 is 23.4 Å². The van der Waals surface area contributed by atoms with Crippen LogP contribution in [0.25, 0.3) is 0 Å². The number of likely N-dealkylation sites (tertiary alicyclic amines) is 1. The number of carbonyl (C=O) groups is 2. The van der Waals surface area contributed by atoms with Gasteiger partial charge in [0.15, 0.2) is 0 Å². The van der Waals surface area contributed by atoms with Gasteiger partial charge in [-0.1, -0.05) is 37.6 Å². The third-order valence-corrected chi connectivity index (χ3v) is 4.09. The van der Waals surface area contributed by atoms with Crippen LogP contribution < -0.4 is 5.32 Å². The zero-order valence-corrected chi connectivity index (χ0v) is 13.2. The first kappa shape index (κ1) is 15.8. The van der Waals surface area contributed by atoms with Gasteiger partial charge >= 0.3 is 0 Å². The number of nitrogens with one attached hydrogen (secondary N) is 1. The molecule has 1 aliphatic heterocycles. The lowest BCUT2D eigenvalue weighted by molar-refractivity contribution is -0.124. The van der Waals surface area contributed by atoms with Crippen LogP contribution in [0, 0.1) is 5.92 Å². The van der Waals surface area contributed by atoms with Crippen LogP contribution in [0.1, 0.15) is 37.0 Å². The van der Waals surface area contributed by atoms with Gasteiger partial charge in [0, 0.05) is 25.0 Å². The van der Waals surface area contributed by atoms with E-state index in [2.05, 4.69) is 5.32 Å². The predicted octanol–water partition coefficient (Wildman–Crippen LogP) is 2.72. The van der Waals surface area contributed by atoms with E-state index in [1.165, 1.54) is 0 Å². The van der Waals surface area contributed by atoms with Crippen LogP contribution in [0.4, 0.5) is 0 Å². The fraction of sp³-hybridized carbons (Fsp3) is 0.500. The summed E-state index contributed by atoms with van der Waals surface area (Å²) in [5.74, 6) is 0.0351. The number of rotatable bonds is 3. The van der Waals surface area contributed by atoms with Crippen molar-refractivity contribution < 1.29 is 9.59 Å². The fourth-order valence-corrected chi connectivity index (χ4v) is 2.62. The van der Waals surface area contributed by atoms with Gasteiger partial charge in [-0.3, -0.25) is 9.59 Å². The minimum Gasteiger partial charge on any atom is -0.353 e. The Bertz CT molecular complexity index is 523. The molecule has 0 aromatic heterocycles. The van der Waals surface area contributed by atoms with Crippen LogP contribution in [0.15, 0.2) is 24.3 Å². The molecule has 0 unspecified atom stereocenters. The lowest BCUT2D eigenvalue weighted by Gasteiger charge is -2.33. The number of halogens is 1. The molecule has 1 aromatic rings. The van der Waals surface area contributed by atoms with E-state index in [-0.39, 0.29) is 23.8 Å². The van der Waals surface area contributed by atoms with E-state index in [1.807, 2.05) is 26.0 Å². The normalized spacial score (nSPS) is 16.1. The molecule has 1 saturated heterocycles. The standard InChI is InChI=1S/C16H21ClN2O2/c1-11(2)15(20)18-12-7-9-19(10-8-12)16(21)13-5-3-4-6-14(13)17/h3-6,11-12H,7-10H2,1-2H3,(H,18,20). The molecule has 4 nitrogen and oxygen atoms in total. The van der Waals surface area contributed by atoms with Crippen molar-refractivity contribution in [3.05, 3.63) is 34.9 Å². The number of piperidine rings is 1. The molecular formula is C16H21ClN2O2. The maximum atomic E-state index is 12.4. The van der Waals surface area contributed by atoms with Crippen molar-refractivity contribution in [1.29, 1.82) is 0 Å². The predicted molar refractivity (Wildman–Crippen MR) is 83.4 cm³/mol. The Morgan fingerprint density at radius 3 is 2.43 bits per heavy atom. The summed E-state index contributed by atoms with van der Waals surface area (Å²) in [6.45, 7) is 5.05. The molecule has 2 rings (SSSR count). The molecule has 1 N–H and O–H groups in total. The molecule has 2 amide bonds. The Balaban J connectivity index is 1.91. The average Bonchev–Trinajstić information content (AvgIpc) is 2.47. The lowest BCUT2D eigenvalue weighted by atomic mass is 10.0. The number of benzene rings is 1. The fourth-order valence-electron chi connectivity index (χ4n) is 2.40. The van der Waals surface area contributed by atoms with Crippen molar-refractivity contribution in [2.45, 2.75) is 32.7 Å². The Hall–Kier alpha value is -1.55. The van der Waals surface area contributed by atoms with Crippen molar-refractivity contribution in [2.75, 3.05) is 13.1 Å². The van der Waals surface area contributed by atoms with E-state index in [9.17, 15) is 9.59 Å². The van der Waals surface area contributed by atoms with Crippen LogP contribution in [0.2, 0.25) is 5.02 Å². The molecule has 0 aliphatic carbocycles. The minimum absolute atomic E-state index is 0.00668. The monoisotopic (exact) mass is 308 g/mol. The van der Waals surface area contributed by atoms with Gasteiger partial charge in [0.25, 0.3) is 5.91 Å². The molecule has 0 atom stereocenters. The van der Waals surface area contributed by atoms with Gasteiger partial charge < -0.3 is 10.2 Å². The average molecular weight is 309 g/mol. The second kappa shape index (κ2) is 6.94. The Kier molecular flexibility index (Phi) is 5.23. The molecule has 1 aliphatic rings. The zero-order valence-electron chi connectivity index (χ0n) is 12.4. The second-order valence-corrected chi connectivity index (χ2v) is 6.12. The molecule has 21 heavy (non-hydrogen) atoms. The second-order valence-electron chi connectivity index (χ2n) is 5.71. The van der Waals surface area contributed by atoms with Gasteiger partial charge in [0.2, 0.25) is 5.91 Å². The summed E-state index contributed by atoms with van der Waals surface area (Å²) in [5, 5.41) is 3.51. The van der Waals surface area contributed by atoms with E-state index in [0.717, 1.165) is 12.8 Å². The Morgan fingerprint density at radius 2 is 1.86 bits per heavy atom. The summed E-state index contributed by atoms with van der Waals surface area (Å²) in [6, 6.07) is 7.26. The topological polar surface area (TPSA) is 49.4 Å². The number of hydrogen-bond donors (Lipinski definition) is 1. The van der Waals surface area contributed by atoms with Crippen molar-refractivity contribution in [2.24, 2.45) is 5.92 Å². The number of hydrogen-bond acceptors (Lipinski definition) is 2. The molecule has 0 radical (unpaired) electrons. The van der Waals surface area contributed by atoms with Gasteiger partial charge in [-0.05, 0) is 25.0 Å². The minimum atomic E-state index is -0.0331. The Labute approximate surface area is 130 Å². The van der Waals surface area contributed by atoms with Crippen LogP contribution >= 0.6 is 11.6 Å². The SMILES string of the molecule is CC(C)C(=O)NC1CCN(C(=O)c2ccccc2Cl)CC1. The molecule has 1 heterocycles. The number of carbonyl (C=O) groups excluding carboxylic acids is 2. The Morgan fingerprint density at radius 1 is 1.24 bits per heavy atom. The van der Waals surface area contributed by atoms with Gasteiger partial charge in [-0.15, -0.1) is 0 Å². The van der Waals surface area contributed by atoms with E-state index >= 15 is 0 Å². The molecule has 0 spiro atoms. The van der Waals surface area contributed by atoms with Crippen LogP contribution in [0.3, 0.4) is 0 Å². The first-order valence-electron chi connectivity index (χ1n) is 7.33. The summed E-state index contributed by atoms with van der Waals surface area (Å²) in [7, 11) is 0.